The fourth-order valence-corrected chi connectivity index (χ4v) is 0.671. The van der Waals surface area contributed by atoms with E-state index in [-0.39, 0.29) is 0 Å². The number of hydrogen-bond donors (Lipinski definition) is 0. The first-order valence-corrected chi connectivity index (χ1v) is 6.04. The average molecular weight is 122 g/mol. The van der Waals surface area contributed by atoms with E-state index in [9.17, 15) is 0 Å². The van der Waals surface area contributed by atoms with Crippen molar-refractivity contribution >= 4 is 8.07 Å². The van der Waals surface area contributed by atoms with E-state index in [0.717, 1.165) is 0 Å². The summed E-state index contributed by atoms with van der Waals surface area (Å²) in [5.41, 5.74) is 3.02. The highest BCUT2D eigenvalue weighted by atomic mass is 28.3. The summed E-state index contributed by atoms with van der Waals surface area (Å²) in [5, 5.41) is 0. The van der Waals surface area contributed by atoms with E-state index >= 15 is 0 Å². The summed E-state index contributed by atoms with van der Waals surface area (Å²) in [6, 6.07) is 0. The maximum absolute atomic E-state index is 4.93. The highest BCUT2D eigenvalue weighted by molar-refractivity contribution is 6.83. The lowest BCUT2D eigenvalue weighted by Crippen LogP contribution is -2.16. The number of terminal acetylenes is 1. The van der Waals surface area contributed by atoms with Gasteiger partial charge in [0.1, 0.15) is 8.07 Å². The summed E-state index contributed by atoms with van der Waals surface area (Å²) in [7, 11) is -1.18. The first-order valence-electron chi connectivity index (χ1n) is 2.54. The van der Waals surface area contributed by atoms with Crippen LogP contribution in [-0.4, -0.2) is 8.07 Å². The molecular weight excluding hydrogens is 112 g/mol. The van der Waals surface area contributed by atoms with Crippen molar-refractivity contribution in [3.05, 3.63) is 0 Å². The molecule has 8 heavy (non-hydrogen) atoms. The van der Waals surface area contributed by atoms with Gasteiger partial charge in [-0.2, -0.15) is 0 Å². The van der Waals surface area contributed by atoms with Crippen molar-refractivity contribution in [3.63, 3.8) is 0 Å². The SMILES string of the molecule is C#CC#C[Si](C)(C)C. The molecule has 0 aromatic rings. The molecule has 0 heterocycles. The Balaban J connectivity index is 3.93. The van der Waals surface area contributed by atoms with Gasteiger partial charge < -0.3 is 0 Å². The van der Waals surface area contributed by atoms with Gasteiger partial charge in [0.05, 0.1) is 0 Å². The monoisotopic (exact) mass is 122 g/mol. The summed E-state index contributed by atoms with van der Waals surface area (Å²) in [6.07, 6.45) is 4.93. The molecule has 0 aliphatic rings. The molecule has 0 fully saturated rings. The molecule has 42 valence electrons. The van der Waals surface area contributed by atoms with Crippen molar-refractivity contribution in [3.8, 4) is 23.8 Å². The smallest absolute Gasteiger partial charge is 0.118 e. The van der Waals surface area contributed by atoms with Crippen LogP contribution in [-0.2, 0) is 0 Å². The minimum atomic E-state index is -1.18. The molecule has 0 N–H and O–H groups in total. The van der Waals surface area contributed by atoms with E-state index in [1.807, 2.05) is 0 Å². The summed E-state index contributed by atoms with van der Waals surface area (Å²) < 4.78 is 0. The van der Waals surface area contributed by atoms with Gasteiger partial charge in [0.15, 0.2) is 0 Å². The van der Waals surface area contributed by atoms with Crippen LogP contribution in [0.5, 0.6) is 0 Å². The van der Waals surface area contributed by atoms with Crippen LogP contribution in [0.25, 0.3) is 0 Å². The van der Waals surface area contributed by atoms with Gasteiger partial charge in [-0.25, -0.2) is 0 Å². The summed E-state index contributed by atoms with van der Waals surface area (Å²) in [6.45, 7) is 6.49. The third-order valence-corrected chi connectivity index (χ3v) is 1.38. The zero-order valence-corrected chi connectivity index (χ0v) is 6.58. The zero-order valence-electron chi connectivity index (χ0n) is 5.58. The fourth-order valence-electron chi connectivity index (χ4n) is 0.224. The standard InChI is InChI=1S/C7H10Si/c1-5-6-7-8(2,3)4/h1H,2-4H3. The van der Waals surface area contributed by atoms with Crippen LogP contribution in [0.15, 0.2) is 0 Å². The third kappa shape index (κ3) is 5.34. The maximum Gasteiger partial charge on any atom is 0.130 e. The van der Waals surface area contributed by atoms with Crippen molar-refractivity contribution in [2.24, 2.45) is 0 Å². The Morgan fingerprint density at radius 2 is 1.75 bits per heavy atom. The van der Waals surface area contributed by atoms with Crippen LogP contribution in [0.4, 0.5) is 0 Å². The molecule has 0 spiro atoms. The van der Waals surface area contributed by atoms with Gasteiger partial charge in [0, 0.05) is 0 Å². The number of rotatable bonds is 0. The quantitative estimate of drug-likeness (QED) is 0.337. The highest BCUT2D eigenvalue weighted by Crippen LogP contribution is 1.95. The van der Waals surface area contributed by atoms with Crippen LogP contribution in [0.2, 0.25) is 19.6 Å². The molecule has 0 radical (unpaired) electrons. The molecule has 0 amide bonds. The van der Waals surface area contributed by atoms with Crippen molar-refractivity contribution < 1.29 is 0 Å². The van der Waals surface area contributed by atoms with E-state index in [4.69, 9.17) is 6.42 Å². The van der Waals surface area contributed by atoms with E-state index in [2.05, 4.69) is 37.0 Å². The zero-order chi connectivity index (χ0) is 6.62. The lowest BCUT2D eigenvalue weighted by Gasteiger charge is -2.01. The molecule has 0 atom stereocenters. The van der Waals surface area contributed by atoms with E-state index < -0.39 is 8.07 Å². The average Bonchev–Trinajstić information content (AvgIpc) is 1.59. The Hall–Kier alpha value is -0.663. The van der Waals surface area contributed by atoms with E-state index in [1.165, 1.54) is 0 Å². The van der Waals surface area contributed by atoms with E-state index in [0.29, 0.717) is 0 Å². The molecular formula is C7H10Si. The molecule has 0 aromatic carbocycles. The van der Waals surface area contributed by atoms with Crippen molar-refractivity contribution in [1.82, 2.24) is 0 Å². The van der Waals surface area contributed by atoms with Gasteiger partial charge in [-0.05, 0) is 11.8 Å². The highest BCUT2D eigenvalue weighted by Gasteiger charge is 2.06. The lowest BCUT2D eigenvalue weighted by molar-refractivity contribution is 1.81. The molecule has 0 aliphatic heterocycles. The molecule has 0 rings (SSSR count). The first kappa shape index (κ1) is 7.34. The molecule has 0 saturated heterocycles. The van der Waals surface area contributed by atoms with Gasteiger partial charge in [-0.1, -0.05) is 19.6 Å². The minimum absolute atomic E-state index is 1.18. The Bertz CT molecular complexity index is 156. The largest absolute Gasteiger partial charge is 0.130 e. The van der Waals surface area contributed by atoms with Gasteiger partial charge in [0.2, 0.25) is 0 Å². The molecule has 0 bridgehead atoms. The van der Waals surface area contributed by atoms with Crippen molar-refractivity contribution in [2.75, 3.05) is 0 Å². The van der Waals surface area contributed by atoms with Gasteiger partial charge in [-0.15, -0.1) is 12.0 Å². The second kappa shape index (κ2) is 2.60. The van der Waals surface area contributed by atoms with Crippen molar-refractivity contribution in [1.29, 1.82) is 0 Å². The first-order chi connectivity index (χ1) is 3.56. The Labute approximate surface area is 52.3 Å². The van der Waals surface area contributed by atoms with E-state index in [1.54, 1.807) is 0 Å². The second-order valence-electron chi connectivity index (χ2n) is 2.64. The van der Waals surface area contributed by atoms with Gasteiger partial charge in [-0.3, -0.25) is 0 Å². The Kier molecular flexibility index (Phi) is 2.38. The molecule has 0 nitrogen and oxygen atoms in total. The minimum Gasteiger partial charge on any atom is -0.118 e. The normalized spacial score (nSPS) is 8.75. The predicted molar refractivity (Wildman–Crippen MR) is 40.0 cm³/mol. The van der Waals surface area contributed by atoms with Crippen molar-refractivity contribution in [2.45, 2.75) is 19.6 Å². The summed E-state index contributed by atoms with van der Waals surface area (Å²) in [4.78, 5) is 0. The van der Waals surface area contributed by atoms with Crippen LogP contribution in [0.1, 0.15) is 0 Å². The van der Waals surface area contributed by atoms with Crippen LogP contribution in [0.3, 0.4) is 0 Å². The van der Waals surface area contributed by atoms with Crippen LogP contribution < -0.4 is 0 Å². The second-order valence-corrected chi connectivity index (χ2v) is 7.39. The van der Waals surface area contributed by atoms with Crippen LogP contribution >= 0.6 is 0 Å². The summed E-state index contributed by atoms with van der Waals surface area (Å²) >= 11 is 0. The third-order valence-electron chi connectivity index (χ3n) is 0.510. The maximum atomic E-state index is 4.93. The Morgan fingerprint density at radius 1 is 1.25 bits per heavy atom. The lowest BCUT2D eigenvalue weighted by atomic mass is 10.7. The predicted octanol–water partition coefficient (Wildman–Crippen LogP) is 1.50. The molecule has 0 saturated carbocycles. The van der Waals surface area contributed by atoms with Gasteiger partial charge in [0.25, 0.3) is 0 Å². The Morgan fingerprint density at radius 3 is 1.88 bits per heavy atom. The molecule has 0 aromatic heterocycles. The fraction of sp³-hybridized carbons (Fsp3) is 0.429. The molecule has 0 aliphatic carbocycles. The number of hydrogen-bond acceptors (Lipinski definition) is 0. The topological polar surface area (TPSA) is 0 Å². The molecule has 1 heteroatoms. The summed E-state index contributed by atoms with van der Waals surface area (Å²) in [5.74, 6) is 4.93. The van der Waals surface area contributed by atoms with Crippen LogP contribution in [0, 0.1) is 23.8 Å². The molecule has 0 unspecified atom stereocenters. The van der Waals surface area contributed by atoms with Gasteiger partial charge >= 0.3 is 0 Å².